The second kappa shape index (κ2) is 2.60. The number of hydrogen-bond acceptors (Lipinski definition) is 2. The first-order valence-corrected chi connectivity index (χ1v) is 6.27. The summed E-state index contributed by atoms with van der Waals surface area (Å²) in [5, 5.41) is 20.9. The van der Waals surface area contributed by atoms with Crippen LogP contribution in [-0.4, -0.2) is 21.4 Å². The Morgan fingerprint density at radius 1 is 1.07 bits per heavy atom. The van der Waals surface area contributed by atoms with Gasteiger partial charge in [0.25, 0.3) is 0 Å². The zero-order valence-electron chi connectivity index (χ0n) is 9.79. The second-order valence-corrected chi connectivity index (χ2v) is 7.02. The number of rotatable bonds is 1. The Bertz CT molecular complexity index is 275. The first-order valence-electron chi connectivity index (χ1n) is 6.27. The Hall–Kier alpha value is -0.0800. The zero-order chi connectivity index (χ0) is 10.9. The molecular weight excluding hydrogens is 188 g/mol. The molecule has 4 aliphatic carbocycles. The lowest BCUT2D eigenvalue weighted by atomic mass is 9.44. The highest BCUT2D eigenvalue weighted by atomic mass is 16.3. The maximum Gasteiger partial charge on any atom is 0.0659 e. The molecule has 0 aromatic rings. The van der Waals surface area contributed by atoms with Gasteiger partial charge in [-0.2, -0.15) is 0 Å². The molecule has 0 radical (unpaired) electrons. The van der Waals surface area contributed by atoms with Crippen LogP contribution < -0.4 is 0 Å². The van der Waals surface area contributed by atoms with Crippen molar-refractivity contribution in [2.45, 2.75) is 63.6 Å². The lowest BCUT2D eigenvalue weighted by Gasteiger charge is -2.63. The van der Waals surface area contributed by atoms with Gasteiger partial charge < -0.3 is 10.2 Å². The van der Waals surface area contributed by atoms with Crippen LogP contribution in [0, 0.1) is 17.3 Å². The molecular formula is C13H22O2. The van der Waals surface area contributed by atoms with Gasteiger partial charge in [-0.3, -0.25) is 0 Å². The molecule has 2 unspecified atom stereocenters. The van der Waals surface area contributed by atoms with E-state index in [9.17, 15) is 10.2 Å². The molecule has 4 bridgehead atoms. The van der Waals surface area contributed by atoms with E-state index in [2.05, 4.69) is 0 Å². The van der Waals surface area contributed by atoms with Gasteiger partial charge in [0.05, 0.1) is 11.2 Å². The van der Waals surface area contributed by atoms with Crippen LogP contribution in [0.4, 0.5) is 0 Å². The number of aliphatic hydroxyl groups is 2. The van der Waals surface area contributed by atoms with Crippen molar-refractivity contribution in [1.82, 2.24) is 0 Å². The summed E-state index contributed by atoms with van der Waals surface area (Å²) in [6.45, 7) is 3.87. The highest BCUT2D eigenvalue weighted by molar-refractivity contribution is 5.12. The Morgan fingerprint density at radius 3 is 2.00 bits per heavy atom. The van der Waals surface area contributed by atoms with Crippen LogP contribution >= 0.6 is 0 Å². The zero-order valence-corrected chi connectivity index (χ0v) is 9.79. The molecule has 0 aromatic carbocycles. The fourth-order valence-corrected chi connectivity index (χ4v) is 4.93. The van der Waals surface area contributed by atoms with Crippen molar-refractivity contribution in [3.8, 4) is 0 Å². The molecule has 86 valence electrons. The van der Waals surface area contributed by atoms with E-state index < -0.39 is 11.2 Å². The van der Waals surface area contributed by atoms with Gasteiger partial charge in [-0.1, -0.05) is 0 Å². The molecule has 0 aliphatic heterocycles. The summed E-state index contributed by atoms with van der Waals surface area (Å²) in [5.41, 5.74) is -1.06. The van der Waals surface area contributed by atoms with Crippen LogP contribution in [0.3, 0.4) is 0 Å². The first kappa shape index (κ1) is 10.1. The van der Waals surface area contributed by atoms with Crippen molar-refractivity contribution in [2.24, 2.45) is 17.3 Å². The third-order valence-corrected chi connectivity index (χ3v) is 5.33. The molecule has 0 heterocycles. The summed E-state index contributed by atoms with van der Waals surface area (Å²) in [6, 6.07) is 0. The molecule has 0 amide bonds. The van der Waals surface area contributed by atoms with E-state index in [4.69, 9.17) is 0 Å². The molecule has 0 spiro atoms. The van der Waals surface area contributed by atoms with Gasteiger partial charge in [-0.25, -0.2) is 0 Å². The van der Waals surface area contributed by atoms with Crippen LogP contribution in [0.1, 0.15) is 52.4 Å². The summed E-state index contributed by atoms with van der Waals surface area (Å²) in [6.07, 6.45) is 6.36. The van der Waals surface area contributed by atoms with E-state index in [1.807, 2.05) is 13.8 Å². The first-order chi connectivity index (χ1) is 6.82. The van der Waals surface area contributed by atoms with Crippen molar-refractivity contribution < 1.29 is 10.2 Å². The molecule has 2 nitrogen and oxygen atoms in total. The maximum atomic E-state index is 10.5. The van der Waals surface area contributed by atoms with Crippen LogP contribution in [0.25, 0.3) is 0 Å². The van der Waals surface area contributed by atoms with E-state index in [0.717, 1.165) is 32.1 Å². The quantitative estimate of drug-likeness (QED) is 0.695. The second-order valence-electron chi connectivity index (χ2n) is 7.02. The van der Waals surface area contributed by atoms with Crippen molar-refractivity contribution >= 4 is 0 Å². The minimum Gasteiger partial charge on any atom is -0.390 e. The molecule has 4 saturated carbocycles. The summed E-state index contributed by atoms with van der Waals surface area (Å²) in [5.74, 6) is 1.34. The van der Waals surface area contributed by atoms with E-state index in [-0.39, 0.29) is 5.41 Å². The van der Waals surface area contributed by atoms with E-state index >= 15 is 0 Å². The molecule has 2 heteroatoms. The maximum absolute atomic E-state index is 10.5. The monoisotopic (exact) mass is 210 g/mol. The van der Waals surface area contributed by atoms with Crippen LogP contribution in [-0.2, 0) is 0 Å². The van der Waals surface area contributed by atoms with Gasteiger partial charge in [0, 0.05) is 5.41 Å². The fraction of sp³-hybridized carbons (Fsp3) is 1.00. The Labute approximate surface area is 91.7 Å². The minimum absolute atomic E-state index is 0.00579. The summed E-state index contributed by atoms with van der Waals surface area (Å²) in [7, 11) is 0. The highest BCUT2D eigenvalue weighted by Gasteiger charge is 2.61. The molecule has 2 atom stereocenters. The molecule has 0 saturated heterocycles. The molecule has 2 N–H and O–H groups in total. The average molecular weight is 210 g/mol. The molecule has 15 heavy (non-hydrogen) atoms. The fourth-order valence-electron chi connectivity index (χ4n) is 4.93. The van der Waals surface area contributed by atoms with E-state index in [0.29, 0.717) is 11.8 Å². The topological polar surface area (TPSA) is 40.5 Å². The molecule has 0 aromatic heterocycles. The van der Waals surface area contributed by atoms with Crippen molar-refractivity contribution in [3.05, 3.63) is 0 Å². The van der Waals surface area contributed by atoms with Crippen molar-refractivity contribution in [2.75, 3.05) is 0 Å². The third-order valence-electron chi connectivity index (χ3n) is 5.33. The standard InChI is InChI=1S/C13H22O2/c1-11(2,14)12-4-9-3-10(5-12)7-13(15,6-9)8-12/h9-10,14-15H,3-8H2,1-2H3. The Balaban J connectivity index is 2.00. The van der Waals surface area contributed by atoms with Crippen LogP contribution in [0.15, 0.2) is 0 Å². The van der Waals surface area contributed by atoms with Gasteiger partial charge in [-0.15, -0.1) is 0 Å². The SMILES string of the molecule is CC(C)(O)C12CC3CC(CC(O)(C3)C1)C2. The number of hydrogen-bond donors (Lipinski definition) is 2. The van der Waals surface area contributed by atoms with Crippen molar-refractivity contribution in [1.29, 1.82) is 0 Å². The van der Waals surface area contributed by atoms with Gasteiger partial charge in [-0.05, 0) is 64.2 Å². The van der Waals surface area contributed by atoms with Gasteiger partial charge >= 0.3 is 0 Å². The molecule has 4 aliphatic rings. The van der Waals surface area contributed by atoms with Gasteiger partial charge in [0.1, 0.15) is 0 Å². The minimum atomic E-state index is -0.626. The smallest absolute Gasteiger partial charge is 0.0659 e. The lowest BCUT2D eigenvalue weighted by molar-refractivity contribution is -0.219. The Kier molecular flexibility index (Phi) is 1.75. The van der Waals surface area contributed by atoms with Gasteiger partial charge in [0.15, 0.2) is 0 Å². The summed E-state index contributed by atoms with van der Waals surface area (Å²) in [4.78, 5) is 0. The van der Waals surface area contributed by atoms with Crippen LogP contribution in [0.5, 0.6) is 0 Å². The summed E-state index contributed by atoms with van der Waals surface area (Å²) >= 11 is 0. The van der Waals surface area contributed by atoms with Crippen LogP contribution in [0.2, 0.25) is 0 Å². The predicted molar refractivity (Wildman–Crippen MR) is 58.4 cm³/mol. The van der Waals surface area contributed by atoms with E-state index in [1.165, 1.54) is 6.42 Å². The van der Waals surface area contributed by atoms with E-state index in [1.54, 1.807) is 0 Å². The predicted octanol–water partition coefficient (Wildman–Crippen LogP) is 2.09. The van der Waals surface area contributed by atoms with Crippen molar-refractivity contribution in [3.63, 3.8) is 0 Å². The third kappa shape index (κ3) is 1.31. The Morgan fingerprint density at radius 2 is 1.60 bits per heavy atom. The van der Waals surface area contributed by atoms with Gasteiger partial charge in [0.2, 0.25) is 0 Å². The lowest BCUT2D eigenvalue weighted by Crippen LogP contribution is -2.62. The normalized spacial score (nSPS) is 53.6. The summed E-state index contributed by atoms with van der Waals surface area (Å²) < 4.78 is 0. The highest BCUT2D eigenvalue weighted by Crippen LogP contribution is 2.64. The average Bonchev–Trinajstić information content (AvgIpc) is 1.95. The molecule has 4 rings (SSSR count). The molecule has 4 fully saturated rings. The largest absolute Gasteiger partial charge is 0.390 e.